The summed E-state index contributed by atoms with van der Waals surface area (Å²) in [5, 5.41) is 0. The molecule has 0 heterocycles. The van der Waals surface area contributed by atoms with Crippen molar-refractivity contribution in [3.63, 3.8) is 0 Å². The summed E-state index contributed by atoms with van der Waals surface area (Å²) in [4.78, 5) is 0. The van der Waals surface area contributed by atoms with E-state index in [1.165, 1.54) is 27.9 Å². The molecule has 90 valence electrons. The van der Waals surface area contributed by atoms with E-state index in [1.807, 2.05) is 12.1 Å². The first-order chi connectivity index (χ1) is 8.06. The lowest BCUT2D eigenvalue weighted by Gasteiger charge is -2.09. The number of methoxy groups -OCH3 is 1. The summed E-state index contributed by atoms with van der Waals surface area (Å²) in [6, 6.07) is 8.35. The summed E-state index contributed by atoms with van der Waals surface area (Å²) < 4.78 is 5.20. The van der Waals surface area contributed by atoms with Crippen LogP contribution in [0.3, 0.4) is 0 Å². The summed E-state index contributed by atoms with van der Waals surface area (Å²) in [7, 11) is 1.70. The molecule has 1 aliphatic carbocycles. The Morgan fingerprint density at radius 3 is 1.94 bits per heavy atom. The Bertz CT molecular complexity index is 489. The Morgan fingerprint density at radius 2 is 1.53 bits per heavy atom. The fourth-order valence-electron chi connectivity index (χ4n) is 2.56. The van der Waals surface area contributed by atoms with Crippen LogP contribution in [0.25, 0.3) is 5.57 Å². The van der Waals surface area contributed by atoms with Crippen molar-refractivity contribution in [1.82, 2.24) is 0 Å². The molecule has 0 amide bonds. The van der Waals surface area contributed by atoms with Gasteiger partial charge in [0.05, 0.1) is 7.11 Å². The maximum atomic E-state index is 5.20. The van der Waals surface area contributed by atoms with Crippen LogP contribution in [-0.2, 0) is 0 Å². The van der Waals surface area contributed by atoms with Crippen molar-refractivity contribution >= 4 is 5.57 Å². The fraction of sp³-hybridized carbons (Fsp3) is 0.375. The molecule has 1 aliphatic rings. The summed E-state index contributed by atoms with van der Waals surface area (Å²) in [6.07, 6.45) is 0. The van der Waals surface area contributed by atoms with Gasteiger partial charge in [-0.3, -0.25) is 0 Å². The van der Waals surface area contributed by atoms with E-state index >= 15 is 0 Å². The molecule has 0 saturated heterocycles. The topological polar surface area (TPSA) is 9.23 Å². The molecular formula is C16H20O. The van der Waals surface area contributed by atoms with Gasteiger partial charge in [-0.25, -0.2) is 0 Å². The lowest BCUT2D eigenvalue weighted by molar-refractivity contribution is 0.415. The maximum absolute atomic E-state index is 5.20. The van der Waals surface area contributed by atoms with Gasteiger partial charge in [-0.1, -0.05) is 30.2 Å². The Morgan fingerprint density at radius 1 is 0.941 bits per heavy atom. The van der Waals surface area contributed by atoms with Gasteiger partial charge in [-0.05, 0) is 55.5 Å². The van der Waals surface area contributed by atoms with Gasteiger partial charge in [-0.2, -0.15) is 0 Å². The Balaban J connectivity index is 2.46. The highest BCUT2D eigenvalue weighted by Gasteiger charge is 2.23. The smallest absolute Gasteiger partial charge is 0.118 e. The summed E-state index contributed by atoms with van der Waals surface area (Å²) in [6.45, 7) is 8.98. The number of ether oxygens (including phenoxy) is 1. The first-order valence-electron chi connectivity index (χ1n) is 6.09. The molecule has 0 aliphatic heterocycles. The van der Waals surface area contributed by atoms with Gasteiger partial charge in [0, 0.05) is 0 Å². The lowest BCUT2D eigenvalue weighted by Crippen LogP contribution is -1.93. The van der Waals surface area contributed by atoms with Gasteiger partial charge >= 0.3 is 0 Å². The molecule has 0 radical (unpaired) electrons. The minimum atomic E-state index is 0.576. The van der Waals surface area contributed by atoms with Gasteiger partial charge in [0.2, 0.25) is 0 Å². The molecule has 0 bridgehead atoms. The minimum absolute atomic E-state index is 0.576. The van der Waals surface area contributed by atoms with Crippen LogP contribution in [-0.4, -0.2) is 7.11 Å². The number of hydrogen-bond acceptors (Lipinski definition) is 1. The van der Waals surface area contributed by atoms with Crippen molar-refractivity contribution in [2.45, 2.75) is 27.7 Å². The SMILES string of the molecule is COc1ccc(C2=C(C)C(C)C(C)=C2C)cc1. The van der Waals surface area contributed by atoms with Gasteiger partial charge < -0.3 is 4.74 Å². The molecular weight excluding hydrogens is 208 g/mol. The Kier molecular flexibility index (Phi) is 3.10. The molecule has 1 aromatic carbocycles. The second-order valence-corrected chi connectivity index (χ2v) is 4.82. The average Bonchev–Trinajstić information content (AvgIpc) is 2.54. The molecule has 1 aromatic rings. The second kappa shape index (κ2) is 4.40. The third-order valence-electron chi connectivity index (χ3n) is 4.04. The normalized spacial score (nSPS) is 20.2. The molecule has 1 nitrogen and oxygen atoms in total. The lowest BCUT2D eigenvalue weighted by atomic mass is 9.97. The predicted octanol–water partition coefficient (Wildman–Crippen LogP) is 4.45. The van der Waals surface area contributed by atoms with Gasteiger partial charge in [0.25, 0.3) is 0 Å². The molecule has 2 rings (SSSR count). The van der Waals surface area contributed by atoms with Crippen LogP contribution >= 0.6 is 0 Å². The quantitative estimate of drug-likeness (QED) is 0.726. The molecule has 0 N–H and O–H groups in total. The zero-order chi connectivity index (χ0) is 12.6. The van der Waals surface area contributed by atoms with E-state index in [9.17, 15) is 0 Å². The van der Waals surface area contributed by atoms with Gasteiger partial charge in [0.1, 0.15) is 5.75 Å². The number of allylic oxidation sites excluding steroid dienone is 4. The van der Waals surface area contributed by atoms with Crippen molar-refractivity contribution in [2.24, 2.45) is 5.92 Å². The second-order valence-electron chi connectivity index (χ2n) is 4.82. The van der Waals surface area contributed by atoms with Crippen LogP contribution < -0.4 is 4.74 Å². The molecule has 0 aromatic heterocycles. The molecule has 1 unspecified atom stereocenters. The Hall–Kier alpha value is -1.50. The predicted molar refractivity (Wildman–Crippen MR) is 73.1 cm³/mol. The van der Waals surface area contributed by atoms with Gasteiger partial charge in [0.15, 0.2) is 0 Å². The Labute approximate surface area is 104 Å². The molecule has 17 heavy (non-hydrogen) atoms. The highest BCUT2D eigenvalue weighted by Crippen LogP contribution is 2.41. The van der Waals surface area contributed by atoms with Crippen LogP contribution in [0.2, 0.25) is 0 Å². The van der Waals surface area contributed by atoms with E-state index in [0.29, 0.717) is 5.92 Å². The summed E-state index contributed by atoms with van der Waals surface area (Å²) in [5.41, 5.74) is 7.11. The summed E-state index contributed by atoms with van der Waals surface area (Å²) >= 11 is 0. The van der Waals surface area contributed by atoms with Crippen molar-refractivity contribution < 1.29 is 4.74 Å². The molecule has 0 saturated carbocycles. The minimum Gasteiger partial charge on any atom is -0.497 e. The van der Waals surface area contributed by atoms with E-state index in [2.05, 4.69) is 39.8 Å². The summed E-state index contributed by atoms with van der Waals surface area (Å²) in [5.74, 6) is 1.49. The number of hydrogen-bond donors (Lipinski definition) is 0. The zero-order valence-electron chi connectivity index (χ0n) is 11.3. The number of benzene rings is 1. The van der Waals surface area contributed by atoms with Crippen molar-refractivity contribution in [3.8, 4) is 5.75 Å². The number of rotatable bonds is 2. The van der Waals surface area contributed by atoms with Crippen molar-refractivity contribution in [2.75, 3.05) is 7.11 Å². The van der Waals surface area contributed by atoms with Crippen LogP contribution in [0, 0.1) is 5.92 Å². The molecule has 1 atom stereocenters. The van der Waals surface area contributed by atoms with E-state index in [-0.39, 0.29) is 0 Å². The highest BCUT2D eigenvalue weighted by molar-refractivity contribution is 5.85. The third kappa shape index (κ3) is 1.90. The van der Waals surface area contributed by atoms with E-state index in [1.54, 1.807) is 7.11 Å². The maximum Gasteiger partial charge on any atom is 0.118 e. The van der Waals surface area contributed by atoms with Crippen molar-refractivity contribution in [3.05, 3.63) is 46.5 Å². The fourth-order valence-corrected chi connectivity index (χ4v) is 2.56. The standard InChI is InChI=1S/C16H20O/c1-10-11(2)13(4)16(12(10)3)14-6-8-15(17-5)9-7-14/h6-10H,1-5H3. The van der Waals surface area contributed by atoms with E-state index in [4.69, 9.17) is 4.74 Å². The first-order valence-corrected chi connectivity index (χ1v) is 6.09. The van der Waals surface area contributed by atoms with Crippen LogP contribution in [0.4, 0.5) is 0 Å². The largest absolute Gasteiger partial charge is 0.497 e. The molecule has 0 fully saturated rings. The first kappa shape index (κ1) is 12.0. The highest BCUT2D eigenvalue weighted by atomic mass is 16.5. The zero-order valence-corrected chi connectivity index (χ0v) is 11.3. The van der Waals surface area contributed by atoms with Crippen LogP contribution in [0.1, 0.15) is 33.3 Å². The third-order valence-corrected chi connectivity index (χ3v) is 4.04. The average molecular weight is 228 g/mol. The molecule has 1 heteroatoms. The van der Waals surface area contributed by atoms with E-state index < -0.39 is 0 Å². The molecule has 0 spiro atoms. The van der Waals surface area contributed by atoms with Crippen molar-refractivity contribution in [1.29, 1.82) is 0 Å². The van der Waals surface area contributed by atoms with E-state index in [0.717, 1.165) is 5.75 Å². The van der Waals surface area contributed by atoms with Crippen LogP contribution in [0.5, 0.6) is 5.75 Å². The van der Waals surface area contributed by atoms with Gasteiger partial charge in [-0.15, -0.1) is 0 Å². The van der Waals surface area contributed by atoms with Crippen LogP contribution in [0.15, 0.2) is 41.0 Å². The monoisotopic (exact) mass is 228 g/mol.